The molecule has 0 spiro atoms. The lowest BCUT2D eigenvalue weighted by molar-refractivity contribution is -0.297. The quantitative estimate of drug-likeness (QED) is 0.0198. The van der Waals surface area contributed by atoms with Crippen LogP contribution in [0.25, 0.3) is 0 Å². The van der Waals surface area contributed by atoms with Crippen LogP contribution in [-0.2, 0) is 38.7 Å². The van der Waals surface area contributed by atoms with Crippen LogP contribution in [0.15, 0.2) is 85.1 Å². The van der Waals surface area contributed by atoms with Crippen LogP contribution in [0.2, 0.25) is 0 Å². The third kappa shape index (κ3) is 34.2. The minimum absolute atomic E-state index is 0.0894. The molecule has 12 nitrogen and oxygen atoms in total. The van der Waals surface area contributed by atoms with Crippen molar-refractivity contribution in [1.82, 2.24) is 0 Å². The zero-order chi connectivity index (χ0) is 46.9. The molecule has 1 rings (SSSR count). The van der Waals surface area contributed by atoms with E-state index in [4.69, 9.17) is 18.9 Å². The van der Waals surface area contributed by atoms with Crippen molar-refractivity contribution in [1.29, 1.82) is 0 Å². The summed E-state index contributed by atoms with van der Waals surface area (Å²) in [6.07, 6.45) is 43.5. The number of aliphatic hydroxyl groups excluding tert-OH is 3. The number of rotatable bonds is 39. The van der Waals surface area contributed by atoms with Gasteiger partial charge in [0.15, 0.2) is 12.4 Å². The highest BCUT2D eigenvalue weighted by Gasteiger charge is 2.46. The predicted molar refractivity (Wildman–Crippen MR) is 256 cm³/mol. The molecule has 4 N–H and O–H groups in total. The van der Waals surface area contributed by atoms with Crippen molar-refractivity contribution in [3.05, 3.63) is 85.1 Å². The predicted octanol–water partition coefficient (Wildman–Crippen LogP) is 10.4. The van der Waals surface area contributed by atoms with Crippen LogP contribution >= 0.6 is 0 Å². The van der Waals surface area contributed by atoms with Crippen LogP contribution in [0, 0.1) is 0 Å². The smallest absolute Gasteiger partial charge is 0.306 e. The second kappa shape index (κ2) is 40.1. The molecule has 1 aliphatic heterocycles. The minimum Gasteiger partial charge on any atom is -0.462 e. The van der Waals surface area contributed by atoms with Gasteiger partial charge in [0, 0.05) is 12.8 Å². The first kappa shape index (κ1) is 58.8. The molecule has 13 heteroatoms. The average Bonchev–Trinajstić information content (AvgIpc) is 3.26. The van der Waals surface area contributed by atoms with E-state index >= 15 is 0 Å². The third-order valence-electron chi connectivity index (χ3n) is 10.5. The second-order valence-corrected chi connectivity index (χ2v) is 17.9. The van der Waals surface area contributed by atoms with Crippen molar-refractivity contribution < 1.29 is 56.8 Å². The van der Waals surface area contributed by atoms with E-state index in [2.05, 4.69) is 86.8 Å². The van der Waals surface area contributed by atoms with E-state index in [9.17, 15) is 37.9 Å². The highest BCUT2D eigenvalue weighted by Crippen LogP contribution is 2.24. The molecule has 1 fully saturated rings. The molecular weight excluding hydrogens is 837 g/mol. The van der Waals surface area contributed by atoms with Gasteiger partial charge in [-0.3, -0.25) is 14.1 Å². The van der Waals surface area contributed by atoms with E-state index in [0.29, 0.717) is 12.8 Å². The summed E-state index contributed by atoms with van der Waals surface area (Å²) < 4.78 is 54.1. The molecule has 2 unspecified atom stereocenters. The highest BCUT2D eigenvalue weighted by molar-refractivity contribution is 7.85. The molecule has 366 valence electrons. The first-order valence-corrected chi connectivity index (χ1v) is 25.8. The van der Waals surface area contributed by atoms with Crippen LogP contribution in [0.1, 0.15) is 168 Å². The Balaban J connectivity index is 2.47. The van der Waals surface area contributed by atoms with E-state index in [1.54, 1.807) is 0 Å². The fraction of sp³-hybridized carbons (Fsp3) is 0.686. The van der Waals surface area contributed by atoms with Gasteiger partial charge >= 0.3 is 11.9 Å². The molecule has 0 aromatic rings. The summed E-state index contributed by atoms with van der Waals surface area (Å²) in [5, 5.41) is 30.9. The Bertz CT molecular complexity index is 1500. The fourth-order valence-electron chi connectivity index (χ4n) is 6.76. The maximum atomic E-state index is 12.8. The zero-order valence-electron chi connectivity index (χ0n) is 39.1. The van der Waals surface area contributed by atoms with Crippen molar-refractivity contribution in [3.63, 3.8) is 0 Å². The number of carbonyl (C=O) groups is 2. The summed E-state index contributed by atoms with van der Waals surface area (Å²) in [5.74, 6) is -2.10. The molecule has 6 atom stereocenters. The summed E-state index contributed by atoms with van der Waals surface area (Å²) in [7, 11) is -4.62. The molecular formula is C51H84O12S. The van der Waals surface area contributed by atoms with Crippen LogP contribution in [-0.4, -0.2) is 96.0 Å². The Kier molecular flexibility index (Phi) is 36.9. The summed E-state index contributed by atoms with van der Waals surface area (Å²) in [6.45, 7) is 3.57. The Morgan fingerprint density at radius 2 is 1.02 bits per heavy atom. The Morgan fingerprint density at radius 1 is 0.547 bits per heavy atom. The SMILES string of the molecule is CC/C=C/C/C=C/C/C=C/C/C=C/C/C=C/C/C=C/CCC(=O)OC[C@H](CO[C@H]1O[C@H](CS(=O)(=O)O)[C@@H](O)C(O)C1O)OC(=O)CCCCCCCCCCC/C=C/CCCCCC. The summed E-state index contributed by atoms with van der Waals surface area (Å²) in [6, 6.07) is 0. The number of esters is 2. The van der Waals surface area contributed by atoms with Gasteiger partial charge in [-0.05, 0) is 77.0 Å². The second-order valence-electron chi connectivity index (χ2n) is 16.4. The van der Waals surface area contributed by atoms with Gasteiger partial charge in [0.2, 0.25) is 0 Å². The van der Waals surface area contributed by atoms with Crippen LogP contribution in [0.5, 0.6) is 0 Å². The lowest BCUT2D eigenvalue weighted by atomic mass is 10.00. The van der Waals surface area contributed by atoms with Gasteiger partial charge in [-0.25, -0.2) is 0 Å². The van der Waals surface area contributed by atoms with Gasteiger partial charge < -0.3 is 34.3 Å². The maximum Gasteiger partial charge on any atom is 0.306 e. The zero-order valence-corrected chi connectivity index (χ0v) is 39.9. The molecule has 0 radical (unpaired) electrons. The van der Waals surface area contributed by atoms with Crippen LogP contribution < -0.4 is 0 Å². The largest absolute Gasteiger partial charge is 0.462 e. The van der Waals surface area contributed by atoms with Gasteiger partial charge in [0.05, 0.1) is 6.61 Å². The van der Waals surface area contributed by atoms with Crippen molar-refractivity contribution in [2.45, 2.75) is 205 Å². The van der Waals surface area contributed by atoms with Gasteiger partial charge in [0.1, 0.15) is 36.8 Å². The topological polar surface area (TPSA) is 186 Å². The van der Waals surface area contributed by atoms with Gasteiger partial charge in [-0.1, -0.05) is 163 Å². The first-order chi connectivity index (χ1) is 31.0. The van der Waals surface area contributed by atoms with E-state index in [1.807, 2.05) is 12.2 Å². The lowest BCUT2D eigenvalue weighted by Gasteiger charge is -2.40. The highest BCUT2D eigenvalue weighted by atomic mass is 32.2. The maximum absolute atomic E-state index is 12.8. The number of carbonyl (C=O) groups excluding carboxylic acids is 2. The number of aliphatic hydroxyl groups is 3. The number of allylic oxidation sites excluding steroid dienone is 14. The summed E-state index contributed by atoms with van der Waals surface area (Å²) in [4.78, 5) is 25.4. The number of unbranched alkanes of at least 4 members (excludes halogenated alkanes) is 13. The molecule has 1 aliphatic rings. The normalized spacial score (nSPS) is 20.4. The number of hydrogen-bond acceptors (Lipinski definition) is 11. The molecule has 0 aromatic heterocycles. The fourth-order valence-corrected chi connectivity index (χ4v) is 7.45. The van der Waals surface area contributed by atoms with Crippen molar-refractivity contribution in [2.75, 3.05) is 19.0 Å². The van der Waals surface area contributed by atoms with Crippen LogP contribution in [0.3, 0.4) is 0 Å². The van der Waals surface area contributed by atoms with Gasteiger partial charge in [-0.15, -0.1) is 0 Å². The number of ether oxygens (including phenoxy) is 4. The first-order valence-electron chi connectivity index (χ1n) is 24.1. The van der Waals surface area contributed by atoms with E-state index in [0.717, 1.165) is 70.6 Å². The van der Waals surface area contributed by atoms with Gasteiger partial charge in [-0.2, -0.15) is 8.42 Å². The molecule has 0 bridgehead atoms. The van der Waals surface area contributed by atoms with Crippen molar-refractivity contribution in [3.8, 4) is 0 Å². The molecule has 0 aliphatic carbocycles. The molecule has 0 aromatic carbocycles. The average molecular weight is 921 g/mol. The Labute approximate surface area is 386 Å². The molecule has 0 amide bonds. The minimum atomic E-state index is -4.62. The van der Waals surface area contributed by atoms with Crippen molar-refractivity contribution >= 4 is 22.1 Å². The monoisotopic (exact) mass is 921 g/mol. The van der Waals surface area contributed by atoms with E-state index in [1.165, 1.54) is 57.8 Å². The standard InChI is InChI=1S/C51H84O12S/c1-3-5-7-9-11-13-15-17-19-21-22-24-25-27-29-31-33-35-37-39-46(52)60-41-44(42-61-51-50(56)49(55)48(54)45(63-51)43-64(57,58)59)62-47(53)40-38-36-34-32-30-28-26-23-20-18-16-14-12-10-8-6-4-2/h5,7,11,13-14,16-17,19,22,24,27,29,33,35,44-45,48-51,54-56H,3-4,6,8-10,12,15,18,20-21,23,25-26,28,30-32,34,36-43H2,1-2H3,(H,57,58,59)/b7-5+,13-11+,16-14+,19-17+,24-22+,29-27+,35-33+/t44-,45-,48-,49?,50?,51+/m1/s1. The lowest BCUT2D eigenvalue weighted by Crippen LogP contribution is -2.60. The number of hydrogen-bond donors (Lipinski definition) is 4. The summed E-state index contributed by atoms with van der Waals surface area (Å²) >= 11 is 0. The van der Waals surface area contributed by atoms with E-state index in [-0.39, 0.29) is 19.4 Å². The van der Waals surface area contributed by atoms with E-state index < -0.39 is 71.2 Å². The Hall–Kier alpha value is -3.17. The Morgan fingerprint density at radius 3 is 1.53 bits per heavy atom. The van der Waals surface area contributed by atoms with Gasteiger partial charge in [0.25, 0.3) is 10.1 Å². The molecule has 1 saturated heterocycles. The molecule has 1 heterocycles. The van der Waals surface area contributed by atoms with Crippen molar-refractivity contribution in [2.24, 2.45) is 0 Å². The molecule has 0 saturated carbocycles. The molecule has 64 heavy (non-hydrogen) atoms. The summed E-state index contributed by atoms with van der Waals surface area (Å²) in [5.41, 5.74) is 0. The third-order valence-corrected chi connectivity index (χ3v) is 11.2. The van der Waals surface area contributed by atoms with Crippen LogP contribution in [0.4, 0.5) is 0 Å².